The second-order valence-corrected chi connectivity index (χ2v) is 6.37. The summed E-state index contributed by atoms with van der Waals surface area (Å²) in [5.74, 6) is 0.104. The van der Waals surface area contributed by atoms with Crippen molar-refractivity contribution in [3.05, 3.63) is 58.9 Å². The summed E-state index contributed by atoms with van der Waals surface area (Å²) >= 11 is 0. The molecule has 3 aromatic rings. The number of aromatic carboxylic acids is 1. The highest BCUT2D eigenvalue weighted by Gasteiger charge is 2.33. The number of nitrogens with zero attached hydrogens (tertiary/aromatic N) is 2. The fraction of sp³-hybridized carbons (Fsp3) is 0.263. The minimum atomic E-state index is -1.03. The van der Waals surface area contributed by atoms with E-state index in [-0.39, 0.29) is 5.56 Å². The van der Waals surface area contributed by atoms with Gasteiger partial charge in [-0.1, -0.05) is 24.3 Å². The van der Waals surface area contributed by atoms with Crippen LogP contribution in [0.3, 0.4) is 0 Å². The summed E-state index contributed by atoms with van der Waals surface area (Å²) < 4.78 is 7.92. The van der Waals surface area contributed by atoms with E-state index in [1.165, 1.54) is 6.07 Å². The number of hydrogen-bond acceptors (Lipinski definition) is 4. The number of hydrogen-bond donors (Lipinski definition) is 2. The molecule has 0 amide bonds. The third kappa shape index (κ3) is 2.46. The second kappa shape index (κ2) is 5.60. The van der Waals surface area contributed by atoms with Gasteiger partial charge in [-0.05, 0) is 30.2 Å². The van der Waals surface area contributed by atoms with Crippen LogP contribution in [0.5, 0.6) is 5.75 Å². The van der Waals surface area contributed by atoms with Gasteiger partial charge in [-0.3, -0.25) is 0 Å². The summed E-state index contributed by atoms with van der Waals surface area (Å²) in [5, 5.41) is 19.8. The van der Waals surface area contributed by atoms with Crippen molar-refractivity contribution in [2.75, 3.05) is 0 Å². The molecule has 2 unspecified atom stereocenters. The number of ether oxygens (including phenoxy) is 1. The predicted molar refractivity (Wildman–Crippen MR) is 91.9 cm³/mol. The lowest BCUT2D eigenvalue weighted by Gasteiger charge is -2.19. The van der Waals surface area contributed by atoms with E-state index in [0.29, 0.717) is 23.2 Å². The summed E-state index contributed by atoms with van der Waals surface area (Å²) in [6, 6.07) is 10.8. The SMILES string of the molecule is Cc1nc2c(OC3c4ccccc4CC3O)cc(C(=O)O)cc2n1C. The molecule has 1 aliphatic rings. The molecule has 128 valence electrons. The Hall–Kier alpha value is -2.86. The van der Waals surface area contributed by atoms with Crippen molar-refractivity contribution in [1.29, 1.82) is 0 Å². The molecule has 2 atom stereocenters. The van der Waals surface area contributed by atoms with Crippen molar-refractivity contribution >= 4 is 17.0 Å². The Morgan fingerprint density at radius 3 is 2.84 bits per heavy atom. The summed E-state index contributed by atoms with van der Waals surface area (Å²) in [5.41, 5.74) is 3.39. The molecule has 1 aliphatic carbocycles. The van der Waals surface area contributed by atoms with Crippen LogP contribution in [0.15, 0.2) is 36.4 Å². The molecular formula is C19H18N2O4. The molecular weight excluding hydrogens is 320 g/mol. The summed E-state index contributed by atoms with van der Waals surface area (Å²) in [7, 11) is 1.83. The lowest BCUT2D eigenvalue weighted by molar-refractivity contribution is 0.0502. The number of fused-ring (bicyclic) bond motifs is 2. The van der Waals surface area contributed by atoms with E-state index in [1.54, 1.807) is 6.07 Å². The molecule has 1 heterocycles. The van der Waals surface area contributed by atoms with Crippen LogP contribution in [0.1, 0.15) is 33.4 Å². The Morgan fingerprint density at radius 1 is 1.32 bits per heavy atom. The smallest absolute Gasteiger partial charge is 0.335 e. The quantitative estimate of drug-likeness (QED) is 0.767. The van der Waals surface area contributed by atoms with Gasteiger partial charge in [-0.15, -0.1) is 0 Å². The molecule has 0 fully saturated rings. The minimum absolute atomic E-state index is 0.131. The zero-order valence-corrected chi connectivity index (χ0v) is 13.9. The van der Waals surface area contributed by atoms with Crippen molar-refractivity contribution in [2.45, 2.75) is 25.6 Å². The molecule has 0 saturated carbocycles. The number of aryl methyl sites for hydroxylation is 2. The molecule has 6 heteroatoms. The zero-order valence-electron chi connectivity index (χ0n) is 13.9. The average Bonchev–Trinajstić information content (AvgIpc) is 3.05. The standard InChI is InChI=1S/C19H18N2O4/c1-10-20-17-14(21(10)2)7-12(19(23)24)9-16(17)25-18-13-6-4-3-5-11(13)8-15(18)22/h3-7,9,15,18,22H,8H2,1-2H3,(H,23,24). The van der Waals surface area contributed by atoms with Gasteiger partial charge in [-0.2, -0.15) is 0 Å². The number of carboxylic acid groups (broad SMARTS) is 1. The van der Waals surface area contributed by atoms with E-state index < -0.39 is 18.2 Å². The maximum Gasteiger partial charge on any atom is 0.335 e. The number of aliphatic hydroxyl groups is 1. The van der Waals surface area contributed by atoms with E-state index in [9.17, 15) is 15.0 Å². The summed E-state index contributed by atoms with van der Waals surface area (Å²) in [6.07, 6.45) is -0.694. The molecule has 6 nitrogen and oxygen atoms in total. The first kappa shape index (κ1) is 15.7. The molecule has 0 bridgehead atoms. The Morgan fingerprint density at radius 2 is 2.08 bits per heavy atom. The van der Waals surface area contributed by atoms with Crippen LogP contribution < -0.4 is 4.74 Å². The topological polar surface area (TPSA) is 84.6 Å². The monoisotopic (exact) mass is 338 g/mol. The third-order valence-corrected chi connectivity index (χ3v) is 4.82. The molecule has 0 radical (unpaired) electrons. The van der Waals surface area contributed by atoms with Crippen molar-refractivity contribution in [3.8, 4) is 5.75 Å². The largest absolute Gasteiger partial charge is 0.481 e. The number of rotatable bonds is 3. The van der Waals surface area contributed by atoms with Gasteiger partial charge in [0.1, 0.15) is 17.1 Å². The van der Waals surface area contributed by atoms with Gasteiger partial charge in [0, 0.05) is 13.5 Å². The van der Waals surface area contributed by atoms with Crippen LogP contribution >= 0.6 is 0 Å². The molecule has 0 saturated heterocycles. The molecule has 1 aromatic heterocycles. The van der Waals surface area contributed by atoms with Gasteiger partial charge in [-0.25, -0.2) is 9.78 Å². The number of carboxylic acids is 1. The van der Waals surface area contributed by atoms with Gasteiger partial charge < -0.3 is 19.5 Å². The lowest BCUT2D eigenvalue weighted by atomic mass is 10.1. The van der Waals surface area contributed by atoms with Crippen LogP contribution in [0, 0.1) is 6.92 Å². The normalized spacial score (nSPS) is 19.2. The van der Waals surface area contributed by atoms with Crippen molar-refractivity contribution in [1.82, 2.24) is 9.55 Å². The first-order chi connectivity index (χ1) is 12.0. The number of aromatic nitrogens is 2. The van der Waals surface area contributed by atoms with Crippen LogP contribution in [-0.2, 0) is 13.5 Å². The Kier molecular flexibility index (Phi) is 3.51. The Bertz CT molecular complexity index is 992. The van der Waals surface area contributed by atoms with E-state index >= 15 is 0 Å². The van der Waals surface area contributed by atoms with Gasteiger partial charge in [0.05, 0.1) is 17.2 Å². The third-order valence-electron chi connectivity index (χ3n) is 4.82. The molecule has 25 heavy (non-hydrogen) atoms. The molecule has 4 rings (SSSR count). The number of benzene rings is 2. The van der Waals surface area contributed by atoms with Gasteiger partial charge in [0.2, 0.25) is 0 Å². The Labute approximate surface area is 144 Å². The van der Waals surface area contributed by atoms with Crippen molar-refractivity contribution < 1.29 is 19.7 Å². The predicted octanol–water partition coefficient (Wildman–Crippen LogP) is 2.62. The van der Waals surface area contributed by atoms with Crippen molar-refractivity contribution in [3.63, 3.8) is 0 Å². The summed E-state index contributed by atoms with van der Waals surface area (Å²) in [6.45, 7) is 1.85. The lowest BCUT2D eigenvalue weighted by Crippen LogP contribution is -2.19. The van der Waals surface area contributed by atoms with Gasteiger partial charge >= 0.3 is 5.97 Å². The first-order valence-electron chi connectivity index (χ1n) is 8.08. The second-order valence-electron chi connectivity index (χ2n) is 6.37. The fourth-order valence-corrected chi connectivity index (χ4v) is 3.40. The highest BCUT2D eigenvalue weighted by molar-refractivity contribution is 5.95. The van der Waals surface area contributed by atoms with Crippen LogP contribution in [0.4, 0.5) is 0 Å². The molecule has 2 N–H and O–H groups in total. The fourth-order valence-electron chi connectivity index (χ4n) is 3.40. The summed E-state index contributed by atoms with van der Waals surface area (Å²) in [4.78, 5) is 16.0. The van der Waals surface area contributed by atoms with E-state index in [2.05, 4.69) is 4.98 Å². The molecule has 0 spiro atoms. The van der Waals surface area contributed by atoms with Gasteiger partial charge in [0.25, 0.3) is 0 Å². The average molecular weight is 338 g/mol. The van der Waals surface area contributed by atoms with E-state index in [0.717, 1.165) is 17.0 Å². The van der Waals surface area contributed by atoms with E-state index in [1.807, 2.05) is 42.8 Å². The highest BCUT2D eigenvalue weighted by atomic mass is 16.5. The van der Waals surface area contributed by atoms with Crippen LogP contribution in [0.2, 0.25) is 0 Å². The number of imidazole rings is 1. The maximum absolute atomic E-state index is 11.5. The van der Waals surface area contributed by atoms with Crippen LogP contribution in [-0.4, -0.2) is 31.8 Å². The highest BCUT2D eigenvalue weighted by Crippen LogP contribution is 2.38. The maximum atomic E-state index is 11.5. The van der Waals surface area contributed by atoms with E-state index in [4.69, 9.17) is 4.74 Å². The number of aliphatic hydroxyl groups excluding tert-OH is 1. The number of carbonyl (C=O) groups is 1. The first-order valence-corrected chi connectivity index (χ1v) is 8.08. The molecule has 2 aromatic carbocycles. The van der Waals surface area contributed by atoms with Crippen molar-refractivity contribution in [2.24, 2.45) is 7.05 Å². The van der Waals surface area contributed by atoms with Crippen LogP contribution in [0.25, 0.3) is 11.0 Å². The molecule has 0 aliphatic heterocycles. The minimum Gasteiger partial charge on any atom is -0.481 e. The van der Waals surface area contributed by atoms with Gasteiger partial charge in [0.15, 0.2) is 6.10 Å². The zero-order chi connectivity index (χ0) is 17.7. The Balaban J connectivity index is 1.84.